The van der Waals surface area contributed by atoms with Crippen LogP contribution in [0.5, 0.6) is 11.5 Å². The lowest BCUT2D eigenvalue weighted by Gasteiger charge is -2.48. The van der Waals surface area contributed by atoms with E-state index in [9.17, 15) is 0 Å². The SMILES string of the molecule is CCN(CC)c1ccc2c(c1)Oc1cc(N(CC)CC)ccc1C21c2ccccc2C2OC2N1N. The zero-order chi connectivity index (χ0) is 24.3. The molecule has 3 heterocycles. The molecule has 0 aliphatic carbocycles. The van der Waals surface area contributed by atoms with Gasteiger partial charge in [0.05, 0.1) is 0 Å². The van der Waals surface area contributed by atoms with Gasteiger partial charge < -0.3 is 19.3 Å². The molecule has 3 aromatic rings. The summed E-state index contributed by atoms with van der Waals surface area (Å²) in [7, 11) is 0. The summed E-state index contributed by atoms with van der Waals surface area (Å²) >= 11 is 0. The Labute approximate surface area is 207 Å². The number of epoxide rings is 1. The molecule has 2 atom stereocenters. The van der Waals surface area contributed by atoms with E-state index in [0.717, 1.165) is 60.2 Å². The van der Waals surface area contributed by atoms with Gasteiger partial charge in [0, 0.05) is 60.8 Å². The van der Waals surface area contributed by atoms with Crippen LogP contribution in [-0.4, -0.2) is 37.4 Å². The minimum Gasteiger partial charge on any atom is -0.456 e. The molecular formula is C29H34N4O2. The Bertz CT molecular complexity index is 1210. The number of benzene rings is 3. The molecule has 6 nitrogen and oxygen atoms in total. The van der Waals surface area contributed by atoms with Gasteiger partial charge in [0.15, 0.2) is 6.23 Å². The molecule has 1 fully saturated rings. The van der Waals surface area contributed by atoms with Crippen LogP contribution in [0.3, 0.4) is 0 Å². The summed E-state index contributed by atoms with van der Waals surface area (Å²) in [5.41, 5.74) is 6.10. The molecule has 1 saturated heterocycles. The van der Waals surface area contributed by atoms with Gasteiger partial charge in [0.1, 0.15) is 23.1 Å². The van der Waals surface area contributed by atoms with Gasteiger partial charge in [0.2, 0.25) is 0 Å². The Kier molecular flexibility index (Phi) is 5.29. The van der Waals surface area contributed by atoms with E-state index in [0.29, 0.717) is 0 Å². The van der Waals surface area contributed by atoms with Crippen LogP contribution in [0.25, 0.3) is 0 Å². The van der Waals surface area contributed by atoms with Crippen molar-refractivity contribution < 1.29 is 9.47 Å². The third-order valence-electron chi connectivity index (χ3n) is 7.97. The Morgan fingerprint density at radius 1 is 0.771 bits per heavy atom. The molecule has 0 bridgehead atoms. The monoisotopic (exact) mass is 470 g/mol. The zero-order valence-corrected chi connectivity index (χ0v) is 21.0. The van der Waals surface area contributed by atoms with Gasteiger partial charge in [0.25, 0.3) is 0 Å². The van der Waals surface area contributed by atoms with Crippen molar-refractivity contribution >= 4 is 11.4 Å². The maximum absolute atomic E-state index is 7.01. The van der Waals surface area contributed by atoms with Gasteiger partial charge >= 0.3 is 0 Å². The lowest BCUT2D eigenvalue weighted by Crippen LogP contribution is -2.57. The third-order valence-corrected chi connectivity index (χ3v) is 7.97. The van der Waals surface area contributed by atoms with Crippen molar-refractivity contribution in [2.45, 2.75) is 45.6 Å². The maximum Gasteiger partial charge on any atom is 0.155 e. The van der Waals surface area contributed by atoms with Crippen molar-refractivity contribution in [2.75, 3.05) is 36.0 Å². The minimum atomic E-state index is -0.694. The first-order valence-corrected chi connectivity index (χ1v) is 12.8. The second-order valence-corrected chi connectivity index (χ2v) is 9.46. The smallest absolute Gasteiger partial charge is 0.155 e. The van der Waals surface area contributed by atoms with Crippen LogP contribution in [0.1, 0.15) is 56.1 Å². The summed E-state index contributed by atoms with van der Waals surface area (Å²) in [5, 5.41) is 1.92. The Morgan fingerprint density at radius 2 is 1.31 bits per heavy atom. The minimum absolute atomic E-state index is 0.0152. The molecule has 3 aliphatic rings. The highest BCUT2D eigenvalue weighted by Crippen LogP contribution is 2.62. The topological polar surface area (TPSA) is 57.5 Å². The molecule has 0 aromatic heterocycles. The fraction of sp³-hybridized carbons (Fsp3) is 0.379. The molecular weight excluding hydrogens is 436 g/mol. The number of nitrogens with zero attached hydrogens (tertiary/aromatic N) is 3. The Balaban J connectivity index is 1.63. The molecule has 2 unspecified atom stereocenters. The van der Waals surface area contributed by atoms with Crippen LogP contribution < -0.4 is 20.4 Å². The number of rotatable bonds is 6. The summed E-state index contributed by atoms with van der Waals surface area (Å²) in [6.07, 6.45) is -0.143. The second kappa shape index (κ2) is 8.26. The lowest BCUT2D eigenvalue weighted by molar-refractivity contribution is 0.0835. The highest BCUT2D eigenvalue weighted by Gasteiger charge is 2.62. The van der Waals surface area contributed by atoms with E-state index in [-0.39, 0.29) is 12.3 Å². The van der Waals surface area contributed by atoms with E-state index >= 15 is 0 Å². The van der Waals surface area contributed by atoms with Crippen LogP contribution in [0.4, 0.5) is 11.4 Å². The maximum atomic E-state index is 7.01. The average molecular weight is 471 g/mol. The van der Waals surface area contributed by atoms with Crippen LogP contribution in [0, 0.1) is 0 Å². The summed E-state index contributed by atoms with van der Waals surface area (Å²) < 4.78 is 12.8. The number of hydrogen-bond donors (Lipinski definition) is 1. The molecule has 6 heteroatoms. The van der Waals surface area contributed by atoms with E-state index in [2.05, 4.69) is 98.2 Å². The first kappa shape index (κ1) is 22.4. The first-order chi connectivity index (χ1) is 17.1. The van der Waals surface area contributed by atoms with E-state index in [1.54, 1.807) is 0 Å². The summed E-state index contributed by atoms with van der Waals surface area (Å²) in [6, 6.07) is 21.7. The van der Waals surface area contributed by atoms with Crippen molar-refractivity contribution in [3.8, 4) is 11.5 Å². The van der Waals surface area contributed by atoms with E-state index in [1.807, 2.05) is 5.01 Å². The number of hydrogen-bond acceptors (Lipinski definition) is 6. The number of nitrogens with two attached hydrogens (primary N) is 1. The number of anilines is 2. The summed E-state index contributed by atoms with van der Waals surface area (Å²) in [6.45, 7) is 12.5. The first-order valence-electron chi connectivity index (χ1n) is 12.8. The fourth-order valence-corrected chi connectivity index (χ4v) is 6.14. The van der Waals surface area contributed by atoms with Crippen molar-refractivity contribution in [3.63, 3.8) is 0 Å². The molecule has 2 N–H and O–H groups in total. The van der Waals surface area contributed by atoms with Crippen LogP contribution in [0.15, 0.2) is 60.7 Å². The quantitative estimate of drug-likeness (QED) is 0.386. The predicted octanol–water partition coefficient (Wildman–Crippen LogP) is 5.36. The molecule has 35 heavy (non-hydrogen) atoms. The third kappa shape index (κ3) is 3.07. The number of hydrazine groups is 1. The average Bonchev–Trinajstić information content (AvgIpc) is 3.69. The Morgan fingerprint density at radius 3 is 1.86 bits per heavy atom. The van der Waals surface area contributed by atoms with E-state index in [4.69, 9.17) is 15.3 Å². The molecule has 0 saturated carbocycles. The molecule has 3 aliphatic heterocycles. The standard InChI is InChI=1S/C29H34N4O2/c1-5-31(6-2)19-13-15-23-25(17-19)34-26-18-20(32(7-3)8-4)14-16-24(26)29(23)22-12-10-9-11-21(22)27-28(35-27)33(29)30/h9-18,27-28H,5-8,30H2,1-4H3. The van der Waals surface area contributed by atoms with Crippen molar-refractivity contribution in [3.05, 3.63) is 82.9 Å². The Hall–Kier alpha value is -3.06. The van der Waals surface area contributed by atoms with Gasteiger partial charge in [-0.25, -0.2) is 0 Å². The van der Waals surface area contributed by atoms with Crippen molar-refractivity contribution in [1.29, 1.82) is 0 Å². The normalized spacial score (nSPS) is 20.8. The summed E-state index contributed by atoms with van der Waals surface area (Å²) in [4.78, 5) is 4.68. The second-order valence-electron chi connectivity index (χ2n) is 9.46. The van der Waals surface area contributed by atoms with Gasteiger partial charge in [-0.1, -0.05) is 36.4 Å². The highest BCUT2D eigenvalue weighted by atomic mass is 16.6. The highest BCUT2D eigenvalue weighted by molar-refractivity contribution is 5.70. The summed E-state index contributed by atoms with van der Waals surface area (Å²) in [5.74, 6) is 8.71. The zero-order valence-electron chi connectivity index (χ0n) is 21.0. The van der Waals surface area contributed by atoms with E-state index in [1.165, 1.54) is 11.1 Å². The van der Waals surface area contributed by atoms with Crippen molar-refractivity contribution in [1.82, 2.24) is 5.01 Å². The van der Waals surface area contributed by atoms with Gasteiger partial charge in [-0.05, 0) is 51.0 Å². The van der Waals surface area contributed by atoms with Crippen LogP contribution in [0.2, 0.25) is 0 Å². The van der Waals surface area contributed by atoms with Gasteiger partial charge in [-0.15, -0.1) is 0 Å². The molecule has 182 valence electrons. The number of ether oxygens (including phenoxy) is 2. The largest absolute Gasteiger partial charge is 0.456 e. The van der Waals surface area contributed by atoms with E-state index < -0.39 is 5.54 Å². The lowest BCUT2D eigenvalue weighted by atomic mass is 9.70. The van der Waals surface area contributed by atoms with Crippen molar-refractivity contribution in [2.24, 2.45) is 5.84 Å². The molecule has 0 amide bonds. The fourth-order valence-electron chi connectivity index (χ4n) is 6.14. The number of fused-ring (bicyclic) bond motifs is 8. The molecule has 6 rings (SSSR count). The van der Waals surface area contributed by atoms with Crippen LogP contribution >= 0.6 is 0 Å². The van der Waals surface area contributed by atoms with Gasteiger partial charge in [-0.2, -0.15) is 5.01 Å². The molecule has 1 spiro atoms. The van der Waals surface area contributed by atoms with Crippen LogP contribution in [-0.2, 0) is 10.3 Å². The molecule has 3 aromatic carbocycles. The van der Waals surface area contributed by atoms with Gasteiger partial charge in [-0.3, -0.25) is 5.84 Å². The predicted molar refractivity (Wildman–Crippen MR) is 140 cm³/mol. The molecule has 0 radical (unpaired) electrons.